The summed E-state index contributed by atoms with van der Waals surface area (Å²) in [6.07, 6.45) is 3.75. The van der Waals surface area contributed by atoms with Crippen molar-refractivity contribution < 1.29 is 19.1 Å². The fraction of sp³-hybridized carbons (Fsp3) is 0.231. The SMILES string of the molecule is O=C(O)C1Cc2nc[nH]c2CN1C(=O)c1ccncc1F. The topological polar surface area (TPSA) is 99.2 Å². The average molecular weight is 290 g/mol. The van der Waals surface area contributed by atoms with Crippen LogP contribution in [0.1, 0.15) is 21.7 Å². The zero-order chi connectivity index (χ0) is 15.0. The Morgan fingerprint density at radius 2 is 2.29 bits per heavy atom. The normalized spacial score (nSPS) is 17.4. The number of fused-ring (bicyclic) bond motifs is 1. The molecule has 21 heavy (non-hydrogen) atoms. The number of pyridine rings is 1. The second kappa shape index (κ2) is 4.97. The number of carbonyl (C=O) groups excluding carboxylic acids is 1. The van der Waals surface area contributed by atoms with Gasteiger partial charge in [0.25, 0.3) is 5.91 Å². The fourth-order valence-electron chi connectivity index (χ4n) is 2.37. The first-order valence-electron chi connectivity index (χ1n) is 6.22. The van der Waals surface area contributed by atoms with Crippen molar-refractivity contribution in [3.05, 3.63) is 47.6 Å². The third-order valence-electron chi connectivity index (χ3n) is 3.45. The van der Waals surface area contributed by atoms with E-state index in [2.05, 4.69) is 15.0 Å². The Balaban J connectivity index is 1.98. The number of aliphatic carboxylic acids is 1. The van der Waals surface area contributed by atoms with Gasteiger partial charge in [0, 0.05) is 12.6 Å². The number of aromatic nitrogens is 3. The lowest BCUT2D eigenvalue weighted by molar-refractivity contribution is -0.142. The molecule has 0 aliphatic carbocycles. The standard InChI is InChI=1S/C13H11FN4O3/c14-8-4-15-2-1-7(8)12(19)18-5-10-9(16-6-17-10)3-11(18)13(20)21/h1-2,4,6,11H,3,5H2,(H,16,17)(H,20,21). The van der Waals surface area contributed by atoms with Gasteiger partial charge in [0.1, 0.15) is 6.04 Å². The molecule has 7 nitrogen and oxygen atoms in total. The Bertz CT molecular complexity index is 715. The molecule has 0 fully saturated rings. The van der Waals surface area contributed by atoms with Gasteiger partial charge in [-0.3, -0.25) is 9.78 Å². The maximum atomic E-state index is 13.7. The molecule has 0 spiro atoms. The summed E-state index contributed by atoms with van der Waals surface area (Å²) >= 11 is 0. The highest BCUT2D eigenvalue weighted by molar-refractivity contribution is 5.97. The lowest BCUT2D eigenvalue weighted by atomic mass is 10.0. The van der Waals surface area contributed by atoms with Crippen molar-refractivity contribution in [2.75, 3.05) is 0 Å². The van der Waals surface area contributed by atoms with Gasteiger partial charge in [-0.15, -0.1) is 0 Å². The first-order chi connectivity index (χ1) is 10.1. The van der Waals surface area contributed by atoms with Gasteiger partial charge >= 0.3 is 5.97 Å². The van der Waals surface area contributed by atoms with E-state index in [0.29, 0.717) is 11.4 Å². The van der Waals surface area contributed by atoms with Gasteiger partial charge in [0.15, 0.2) is 5.82 Å². The van der Waals surface area contributed by atoms with Crippen LogP contribution in [0.15, 0.2) is 24.8 Å². The zero-order valence-electron chi connectivity index (χ0n) is 10.8. The summed E-state index contributed by atoms with van der Waals surface area (Å²) in [5.74, 6) is -2.60. The van der Waals surface area contributed by atoms with Gasteiger partial charge in [0.2, 0.25) is 0 Å². The van der Waals surface area contributed by atoms with Crippen molar-refractivity contribution >= 4 is 11.9 Å². The lowest BCUT2D eigenvalue weighted by Gasteiger charge is -2.32. The number of amides is 1. The molecular weight excluding hydrogens is 279 g/mol. The minimum absolute atomic E-state index is 0.0485. The molecule has 1 aliphatic heterocycles. The van der Waals surface area contributed by atoms with Crippen molar-refractivity contribution in [3.8, 4) is 0 Å². The number of aromatic amines is 1. The maximum absolute atomic E-state index is 13.7. The van der Waals surface area contributed by atoms with Gasteiger partial charge in [-0.2, -0.15) is 0 Å². The van der Waals surface area contributed by atoms with E-state index >= 15 is 0 Å². The molecule has 3 rings (SSSR count). The first kappa shape index (κ1) is 13.2. The number of carboxylic acids is 1. The number of nitrogens with one attached hydrogen (secondary N) is 1. The maximum Gasteiger partial charge on any atom is 0.326 e. The summed E-state index contributed by atoms with van der Waals surface area (Å²) in [4.78, 5) is 35.4. The summed E-state index contributed by atoms with van der Waals surface area (Å²) in [7, 11) is 0. The van der Waals surface area contributed by atoms with Crippen LogP contribution in [0.3, 0.4) is 0 Å². The summed E-state index contributed by atoms with van der Waals surface area (Å²) in [5.41, 5.74) is 1.08. The third kappa shape index (κ3) is 2.24. The van der Waals surface area contributed by atoms with E-state index in [4.69, 9.17) is 0 Å². The number of halogens is 1. The average Bonchev–Trinajstić information content (AvgIpc) is 2.93. The number of carbonyl (C=O) groups is 2. The summed E-state index contributed by atoms with van der Waals surface area (Å²) in [6.45, 7) is 0.0485. The molecule has 2 N–H and O–H groups in total. The predicted octanol–water partition coefficient (Wildman–Crippen LogP) is 0.595. The molecule has 1 atom stereocenters. The minimum Gasteiger partial charge on any atom is -0.480 e. The number of rotatable bonds is 2. The molecule has 108 valence electrons. The summed E-state index contributed by atoms with van der Waals surface area (Å²) < 4.78 is 13.7. The minimum atomic E-state index is -1.15. The van der Waals surface area contributed by atoms with Crippen molar-refractivity contribution in [1.29, 1.82) is 0 Å². The van der Waals surface area contributed by atoms with Crippen LogP contribution < -0.4 is 0 Å². The monoisotopic (exact) mass is 290 g/mol. The van der Waals surface area contributed by atoms with E-state index in [1.54, 1.807) is 0 Å². The quantitative estimate of drug-likeness (QED) is 0.843. The fourth-order valence-corrected chi connectivity index (χ4v) is 2.37. The van der Waals surface area contributed by atoms with Crippen molar-refractivity contribution in [1.82, 2.24) is 19.9 Å². The van der Waals surface area contributed by atoms with Gasteiger partial charge in [-0.25, -0.2) is 14.2 Å². The summed E-state index contributed by atoms with van der Waals surface area (Å²) in [5, 5.41) is 9.30. The third-order valence-corrected chi connectivity index (χ3v) is 3.45. The molecule has 0 saturated carbocycles. The molecule has 2 aromatic heterocycles. The number of carboxylic acid groups (broad SMARTS) is 1. The second-order valence-electron chi connectivity index (χ2n) is 4.67. The molecule has 0 bridgehead atoms. The van der Waals surface area contributed by atoms with Gasteiger partial charge in [0.05, 0.1) is 36.0 Å². The van der Waals surface area contributed by atoms with Crippen molar-refractivity contribution in [2.24, 2.45) is 0 Å². The van der Waals surface area contributed by atoms with E-state index in [1.807, 2.05) is 0 Å². The van der Waals surface area contributed by atoms with E-state index < -0.39 is 23.7 Å². The van der Waals surface area contributed by atoms with E-state index in [9.17, 15) is 19.1 Å². The number of hydrogen-bond acceptors (Lipinski definition) is 4. The van der Waals surface area contributed by atoms with Gasteiger partial charge < -0.3 is 15.0 Å². The largest absolute Gasteiger partial charge is 0.480 e. The molecule has 0 aromatic carbocycles. The van der Waals surface area contributed by atoms with Crippen LogP contribution in [0.2, 0.25) is 0 Å². The Kier molecular flexibility index (Phi) is 3.13. The molecule has 1 amide bonds. The van der Waals surface area contributed by atoms with Crippen LogP contribution in [0.4, 0.5) is 4.39 Å². The molecule has 3 heterocycles. The molecule has 1 unspecified atom stereocenters. The Morgan fingerprint density at radius 3 is 3.00 bits per heavy atom. The van der Waals surface area contributed by atoms with Crippen LogP contribution in [-0.2, 0) is 17.8 Å². The first-order valence-corrected chi connectivity index (χ1v) is 6.22. The van der Waals surface area contributed by atoms with E-state index in [0.717, 1.165) is 11.1 Å². The highest BCUT2D eigenvalue weighted by Gasteiger charge is 2.37. The van der Waals surface area contributed by atoms with Gasteiger partial charge in [-0.1, -0.05) is 0 Å². The van der Waals surface area contributed by atoms with Crippen molar-refractivity contribution in [2.45, 2.75) is 19.0 Å². The summed E-state index contributed by atoms with van der Waals surface area (Å²) in [6, 6.07) is 0.167. The van der Waals surface area contributed by atoms with E-state index in [-0.39, 0.29) is 18.5 Å². The number of H-pyrrole nitrogens is 1. The molecule has 2 aromatic rings. The van der Waals surface area contributed by atoms with Crippen LogP contribution in [0.25, 0.3) is 0 Å². The smallest absolute Gasteiger partial charge is 0.326 e. The highest BCUT2D eigenvalue weighted by Crippen LogP contribution is 2.23. The zero-order valence-corrected chi connectivity index (χ0v) is 10.8. The van der Waals surface area contributed by atoms with Crippen LogP contribution >= 0.6 is 0 Å². The molecule has 1 aliphatic rings. The van der Waals surface area contributed by atoms with Crippen LogP contribution in [0, 0.1) is 5.82 Å². The molecule has 0 radical (unpaired) electrons. The predicted molar refractivity (Wildman–Crippen MR) is 67.8 cm³/mol. The Labute approximate surface area is 118 Å². The van der Waals surface area contributed by atoms with Crippen LogP contribution in [0.5, 0.6) is 0 Å². The Hall–Kier alpha value is -2.77. The number of nitrogens with zero attached hydrogens (tertiary/aromatic N) is 3. The van der Waals surface area contributed by atoms with Gasteiger partial charge in [-0.05, 0) is 6.07 Å². The number of imidazole rings is 1. The molecular formula is C13H11FN4O3. The number of hydrogen-bond donors (Lipinski definition) is 2. The second-order valence-corrected chi connectivity index (χ2v) is 4.67. The van der Waals surface area contributed by atoms with Crippen LogP contribution in [-0.4, -0.2) is 42.9 Å². The molecule has 8 heteroatoms. The molecule has 0 saturated heterocycles. The highest BCUT2D eigenvalue weighted by atomic mass is 19.1. The van der Waals surface area contributed by atoms with E-state index in [1.165, 1.54) is 18.6 Å². The lowest BCUT2D eigenvalue weighted by Crippen LogP contribution is -2.49. The van der Waals surface area contributed by atoms with Crippen molar-refractivity contribution in [3.63, 3.8) is 0 Å². The Morgan fingerprint density at radius 1 is 1.48 bits per heavy atom.